The standard InChI is InChI=1S/C24H38N2O3/c1-3-4-5-6-7-8-9-10-11-12-13-16-19-25-22-18-15-14-17-21(22)23(27)26-20(2)24(28)29/h11-12,14-15,17-18,20,25H,3-10,13,16,19H2,1-2H3,(H,26,27)(H,28,29)/t20-/m0/s1. The minimum absolute atomic E-state index is 0.377. The number of aliphatic carboxylic acids is 1. The largest absolute Gasteiger partial charge is 0.480 e. The van der Waals surface area contributed by atoms with Gasteiger partial charge in [0.15, 0.2) is 0 Å². The van der Waals surface area contributed by atoms with E-state index in [2.05, 4.69) is 29.7 Å². The molecule has 0 spiro atoms. The van der Waals surface area contributed by atoms with E-state index in [-0.39, 0.29) is 5.91 Å². The molecular formula is C24H38N2O3. The zero-order valence-electron chi connectivity index (χ0n) is 18.1. The first-order valence-corrected chi connectivity index (χ1v) is 11.1. The predicted molar refractivity (Wildman–Crippen MR) is 120 cm³/mol. The number of anilines is 1. The molecule has 0 aliphatic rings. The van der Waals surface area contributed by atoms with Crippen LogP contribution in [0.1, 0.15) is 88.4 Å². The van der Waals surface area contributed by atoms with E-state index in [4.69, 9.17) is 5.11 Å². The summed E-state index contributed by atoms with van der Waals surface area (Å²) < 4.78 is 0. The van der Waals surface area contributed by atoms with Crippen molar-refractivity contribution < 1.29 is 14.7 Å². The lowest BCUT2D eigenvalue weighted by molar-refractivity contribution is -0.138. The number of hydrogen-bond donors (Lipinski definition) is 3. The number of amides is 1. The smallest absolute Gasteiger partial charge is 0.325 e. The highest BCUT2D eigenvalue weighted by molar-refractivity contribution is 6.01. The molecule has 0 saturated heterocycles. The average molecular weight is 403 g/mol. The van der Waals surface area contributed by atoms with Gasteiger partial charge in [0.25, 0.3) is 5.91 Å². The second-order valence-corrected chi connectivity index (χ2v) is 7.53. The van der Waals surface area contributed by atoms with Crippen LogP contribution >= 0.6 is 0 Å². The number of carbonyl (C=O) groups excluding carboxylic acids is 1. The molecule has 1 aromatic carbocycles. The van der Waals surface area contributed by atoms with Crippen LogP contribution in [-0.4, -0.2) is 29.6 Å². The predicted octanol–water partition coefficient (Wildman–Crippen LogP) is 5.78. The van der Waals surface area contributed by atoms with Crippen molar-refractivity contribution in [2.24, 2.45) is 0 Å². The molecule has 1 amide bonds. The van der Waals surface area contributed by atoms with E-state index in [1.165, 1.54) is 51.9 Å². The SMILES string of the molecule is CCCCCCCCCC=CCCCNc1ccccc1C(=O)N[C@@H](C)C(=O)O. The van der Waals surface area contributed by atoms with Gasteiger partial charge < -0.3 is 15.7 Å². The van der Waals surface area contributed by atoms with Gasteiger partial charge in [-0.15, -0.1) is 0 Å². The Labute approximate surface area is 176 Å². The monoisotopic (exact) mass is 402 g/mol. The maximum absolute atomic E-state index is 12.3. The molecular weight excluding hydrogens is 364 g/mol. The normalized spacial score (nSPS) is 12.1. The molecule has 0 aliphatic heterocycles. The van der Waals surface area contributed by atoms with E-state index in [1.807, 2.05) is 12.1 Å². The molecule has 1 atom stereocenters. The highest BCUT2D eigenvalue weighted by Crippen LogP contribution is 2.15. The molecule has 0 aliphatic carbocycles. The lowest BCUT2D eigenvalue weighted by Gasteiger charge is -2.13. The molecule has 5 nitrogen and oxygen atoms in total. The molecule has 0 fully saturated rings. The molecule has 0 radical (unpaired) electrons. The topological polar surface area (TPSA) is 78.4 Å². The molecule has 0 bridgehead atoms. The summed E-state index contributed by atoms with van der Waals surface area (Å²) >= 11 is 0. The van der Waals surface area contributed by atoms with Gasteiger partial charge >= 0.3 is 5.97 Å². The summed E-state index contributed by atoms with van der Waals surface area (Å²) in [6.45, 7) is 4.47. The Bertz CT molecular complexity index is 628. The lowest BCUT2D eigenvalue weighted by Crippen LogP contribution is -2.38. The van der Waals surface area contributed by atoms with Crippen LogP contribution in [0.3, 0.4) is 0 Å². The lowest BCUT2D eigenvalue weighted by atomic mass is 10.1. The van der Waals surface area contributed by atoms with E-state index in [0.29, 0.717) is 5.56 Å². The number of nitrogens with one attached hydrogen (secondary N) is 2. The first kappa shape index (κ1) is 24.7. The van der Waals surface area contributed by atoms with Crippen molar-refractivity contribution in [3.05, 3.63) is 42.0 Å². The number of carboxylic acids is 1. The molecule has 3 N–H and O–H groups in total. The van der Waals surface area contributed by atoms with Gasteiger partial charge in [-0.05, 0) is 44.7 Å². The fraction of sp³-hybridized carbons (Fsp3) is 0.583. The van der Waals surface area contributed by atoms with Crippen LogP contribution < -0.4 is 10.6 Å². The Kier molecular flexibility index (Phi) is 13.3. The Morgan fingerprint density at radius 3 is 2.28 bits per heavy atom. The molecule has 162 valence electrons. The number of carboxylic acid groups (broad SMARTS) is 1. The van der Waals surface area contributed by atoms with Crippen molar-refractivity contribution in [2.45, 2.75) is 84.1 Å². The third kappa shape index (κ3) is 11.3. The van der Waals surface area contributed by atoms with Gasteiger partial charge in [0.05, 0.1) is 5.56 Å². The Morgan fingerprint density at radius 1 is 0.966 bits per heavy atom. The van der Waals surface area contributed by atoms with Crippen molar-refractivity contribution in [3.63, 3.8) is 0 Å². The third-order valence-electron chi connectivity index (χ3n) is 4.89. The number of carbonyl (C=O) groups is 2. The summed E-state index contributed by atoms with van der Waals surface area (Å²) in [6.07, 6.45) is 17.1. The van der Waals surface area contributed by atoms with Crippen LogP contribution in [-0.2, 0) is 4.79 Å². The van der Waals surface area contributed by atoms with E-state index >= 15 is 0 Å². The summed E-state index contributed by atoms with van der Waals surface area (Å²) in [5, 5.41) is 14.7. The Morgan fingerprint density at radius 2 is 1.59 bits per heavy atom. The maximum Gasteiger partial charge on any atom is 0.325 e. The van der Waals surface area contributed by atoms with Crippen LogP contribution in [0.15, 0.2) is 36.4 Å². The van der Waals surface area contributed by atoms with Gasteiger partial charge in [-0.25, -0.2) is 0 Å². The molecule has 1 rings (SSSR count). The first-order chi connectivity index (χ1) is 14.1. The second-order valence-electron chi connectivity index (χ2n) is 7.53. The summed E-state index contributed by atoms with van der Waals surface area (Å²) in [6, 6.07) is 6.27. The van der Waals surface area contributed by atoms with Crippen LogP contribution in [0.4, 0.5) is 5.69 Å². The molecule has 0 unspecified atom stereocenters. The quantitative estimate of drug-likeness (QED) is 0.242. The highest BCUT2D eigenvalue weighted by Gasteiger charge is 2.17. The van der Waals surface area contributed by atoms with Gasteiger partial charge in [-0.2, -0.15) is 0 Å². The number of para-hydroxylation sites is 1. The minimum Gasteiger partial charge on any atom is -0.480 e. The summed E-state index contributed by atoms with van der Waals surface area (Å²) in [5.41, 5.74) is 1.20. The van der Waals surface area contributed by atoms with Crippen LogP contribution in [0, 0.1) is 0 Å². The summed E-state index contributed by atoms with van der Waals surface area (Å²) in [7, 11) is 0. The van der Waals surface area contributed by atoms with Crippen LogP contribution in [0.5, 0.6) is 0 Å². The fourth-order valence-electron chi connectivity index (χ4n) is 3.07. The van der Waals surface area contributed by atoms with Gasteiger partial charge in [-0.3, -0.25) is 9.59 Å². The molecule has 0 saturated carbocycles. The molecule has 0 heterocycles. The number of allylic oxidation sites excluding steroid dienone is 2. The van der Waals surface area contributed by atoms with Gasteiger partial charge in [0.1, 0.15) is 6.04 Å². The van der Waals surface area contributed by atoms with Crippen molar-refractivity contribution in [1.82, 2.24) is 5.32 Å². The molecule has 0 aromatic heterocycles. The Balaban J connectivity index is 2.22. The van der Waals surface area contributed by atoms with Gasteiger partial charge in [0, 0.05) is 12.2 Å². The molecule has 29 heavy (non-hydrogen) atoms. The van der Waals surface area contributed by atoms with Crippen molar-refractivity contribution >= 4 is 17.6 Å². The summed E-state index contributed by atoms with van der Waals surface area (Å²) in [5.74, 6) is -1.43. The van der Waals surface area contributed by atoms with Crippen LogP contribution in [0.2, 0.25) is 0 Å². The van der Waals surface area contributed by atoms with Crippen molar-refractivity contribution in [1.29, 1.82) is 0 Å². The van der Waals surface area contributed by atoms with E-state index in [9.17, 15) is 9.59 Å². The van der Waals surface area contributed by atoms with E-state index in [0.717, 1.165) is 31.5 Å². The van der Waals surface area contributed by atoms with Crippen LogP contribution in [0.25, 0.3) is 0 Å². The number of hydrogen-bond acceptors (Lipinski definition) is 3. The average Bonchev–Trinajstić information content (AvgIpc) is 2.71. The molecule has 5 heteroatoms. The summed E-state index contributed by atoms with van der Waals surface area (Å²) in [4.78, 5) is 23.2. The highest BCUT2D eigenvalue weighted by atomic mass is 16.4. The van der Waals surface area contributed by atoms with E-state index < -0.39 is 12.0 Å². The fourth-order valence-corrected chi connectivity index (χ4v) is 3.07. The number of unbranched alkanes of at least 4 members (excludes halogenated alkanes) is 8. The number of benzene rings is 1. The second kappa shape index (κ2) is 15.6. The van der Waals surface area contributed by atoms with Crippen molar-refractivity contribution in [2.75, 3.05) is 11.9 Å². The minimum atomic E-state index is -1.05. The Hall–Kier alpha value is -2.30. The van der Waals surface area contributed by atoms with Gasteiger partial charge in [0.2, 0.25) is 0 Å². The number of rotatable bonds is 16. The van der Waals surface area contributed by atoms with E-state index in [1.54, 1.807) is 12.1 Å². The zero-order valence-corrected chi connectivity index (χ0v) is 18.1. The molecule has 1 aromatic rings. The maximum atomic E-state index is 12.3. The van der Waals surface area contributed by atoms with Gasteiger partial charge in [-0.1, -0.05) is 69.7 Å². The van der Waals surface area contributed by atoms with Crippen molar-refractivity contribution in [3.8, 4) is 0 Å². The third-order valence-corrected chi connectivity index (χ3v) is 4.89. The zero-order chi connectivity index (χ0) is 21.3. The first-order valence-electron chi connectivity index (χ1n) is 11.1.